The van der Waals surface area contributed by atoms with Gasteiger partial charge in [-0.05, 0) is 25.5 Å². The molecule has 0 saturated carbocycles. The Balaban J connectivity index is 2.90. The first-order chi connectivity index (χ1) is 8.65. The van der Waals surface area contributed by atoms with Crippen LogP contribution in [0.15, 0.2) is 24.8 Å². The molecule has 1 aromatic carbocycles. The molecule has 98 valence electrons. The number of methoxy groups -OCH3 is 1. The Kier molecular flexibility index (Phi) is 5.43. The molecule has 1 amide bonds. The maximum absolute atomic E-state index is 12.0. The van der Waals surface area contributed by atoms with Crippen LogP contribution in [0, 0.1) is 0 Å². The fourth-order valence-corrected chi connectivity index (χ4v) is 1.89. The molecule has 0 aromatic heterocycles. The molecule has 0 radical (unpaired) electrons. The van der Waals surface area contributed by atoms with E-state index in [1.807, 2.05) is 36.9 Å². The molecule has 0 heterocycles. The third kappa shape index (κ3) is 3.36. The Morgan fingerprint density at radius 1 is 1.39 bits per heavy atom. The summed E-state index contributed by atoms with van der Waals surface area (Å²) in [5.74, 6) is 0.873. The van der Waals surface area contributed by atoms with Crippen molar-refractivity contribution in [1.29, 1.82) is 0 Å². The lowest BCUT2D eigenvalue weighted by atomic mass is 10.1. The SMILES string of the molecule is C=Cc1ccc(CC(=O)N(CC)CC)c(OC)c1. The first-order valence-corrected chi connectivity index (χ1v) is 6.23. The summed E-state index contributed by atoms with van der Waals surface area (Å²) in [5.41, 5.74) is 1.91. The second-order valence-electron chi connectivity index (χ2n) is 4.02. The molecule has 0 N–H and O–H groups in total. The van der Waals surface area contributed by atoms with Crippen LogP contribution < -0.4 is 4.74 Å². The lowest BCUT2D eigenvalue weighted by molar-refractivity contribution is -0.130. The van der Waals surface area contributed by atoms with Crippen molar-refractivity contribution in [2.24, 2.45) is 0 Å². The zero-order chi connectivity index (χ0) is 13.5. The number of hydrogen-bond acceptors (Lipinski definition) is 2. The van der Waals surface area contributed by atoms with Gasteiger partial charge in [0, 0.05) is 18.7 Å². The van der Waals surface area contributed by atoms with Gasteiger partial charge in [-0.2, -0.15) is 0 Å². The van der Waals surface area contributed by atoms with Crippen LogP contribution in [0.25, 0.3) is 6.08 Å². The molecule has 0 aliphatic heterocycles. The summed E-state index contributed by atoms with van der Waals surface area (Å²) in [7, 11) is 1.62. The van der Waals surface area contributed by atoms with Crippen molar-refractivity contribution in [1.82, 2.24) is 4.90 Å². The number of hydrogen-bond donors (Lipinski definition) is 0. The highest BCUT2D eigenvalue weighted by molar-refractivity contribution is 5.79. The number of amides is 1. The monoisotopic (exact) mass is 247 g/mol. The molecule has 18 heavy (non-hydrogen) atoms. The molecule has 1 rings (SSSR count). The largest absolute Gasteiger partial charge is 0.496 e. The predicted octanol–water partition coefficient (Wildman–Crippen LogP) is 2.75. The van der Waals surface area contributed by atoms with E-state index in [1.54, 1.807) is 13.2 Å². The highest BCUT2D eigenvalue weighted by Gasteiger charge is 2.13. The van der Waals surface area contributed by atoms with Crippen LogP contribution in [0.5, 0.6) is 5.75 Å². The highest BCUT2D eigenvalue weighted by Crippen LogP contribution is 2.21. The van der Waals surface area contributed by atoms with Crippen molar-refractivity contribution < 1.29 is 9.53 Å². The maximum atomic E-state index is 12.0. The molecule has 0 aliphatic rings. The van der Waals surface area contributed by atoms with Crippen molar-refractivity contribution in [2.45, 2.75) is 20.3 Å². The first-order valence-electron chi connectivity index (χ1n) is 6.23. The van der Waals surface area contributed by atoms with E-state index >= 15 is 0 Å². The summed E-state index contributed by atoms with van der Waals surface area (Å²) in [4.78, 5) is 13.9. The standard InChI is InChI=1S/C15H21NO2/c1-5-12-8-9-13(14(10-12)18-4)11-15(17)16(6-2)7-3/h5,8-10H,1,6-7,11H2,2-4H3. The topological polar surface area (TPSA) is 29.5 Å². The first kappa shape index (κ1) is 14.3. The Hall–Kier alpha value is -1.77. The van der Waals surface area contributed by atoms with E-state index in [2.05, 4.69) is 6.58 Å². The summed E-state index contributed by atoms with van der Waals surface area (Å²) in [6.45, 7) is 9.17. The number of rotatable bonds is 6. The second-order valence-corrected chi connectivity index (χ2v) is 4.02. The average molecular weight is 247 g/mol. The van der Waals surface area contributed by atoms with Crippen LogP contribution in [0.2, 0.25) is 0 Å². The highest BCUT2D eigenvalue weighted by atomic mass is 16.5. The molecule has 1 aromatic rings. The Labute approximate surface area is 109 Å². The van der Waals surface area contributed by atoms with E-state index in [1.165, 1.54) is 0 Å². The van der Waals surface area contributed by atoms with E-state index in [0.29, 0.717) is 6.42 Å². The van der Waals surface area contributed by atoms with Crippen LogP contribution in [-0.4, -0.2) is 31.0 Å². The molecule has 0 fully saturated rings. The van der Waals surface area contributed by atoms with Gasteiger partial charge in [-0.3, -0.25) is 4.79 Å². The minimum Gasteiger partial charge on any atom is -0.496 e. The fraction of sp³-hybridized carbons (Fsp3) is 0.400. The van der Waals surface area contributed by atoms with Gasteiger partial charge in [-0.1, -0.05) is 24.8 Å². The van der Waals surface area contributed by atoms with E-state index in [0.717, 1.165) is 30.0 Å². The zero-order valence-electron chi connectivity index (χ0n) is 11.4. The van der Waals surface area contributed by atoms with Gasteiger partial charge in [0.2, 0.25) is 5.91 Å². The lowest BCUT2D eigenvalue weighted by Gasteiger charge is -2.19. The summed E-state index contributed by atoms with van der Waals surface area (Å²) in [6, 6.07) is 5.77. The van der Waals surface area contributed by atoms with Gasteiger partial charge in [0.15, 0.2) is 0 Å². The van der Waals surface area contributed by atoms with Crippen molar-refractivity contribution in [3.63, 3.8) is 0 Å². The van der Waals surface area contributed by atoms with Crippen molar-refractivity contribution in [3.05, 3.63) is 35.9 Å². The van der Waals surface area contributed by atoms with Crippen molar-refractivity contribution >= 4 is 12.0 Å². The molecule has 0 spiro atoms. The smallest absolute Gasteiger partial charge is 0.227 e. The molecule has 0 saturated heterocycles. The molecule has 0 aliphatic carbocycles. The Morgan fingerprint density at radius 2 is 2.06 bits per heavy atom. The molecule has 3 nitrogen and oxygen atoms in total. The quantitative estimate of drug-likeness (QED) is 0.773. The van der Waals surface area contributed by atoms with Crippen LogP contribution in [0.1, 0.15) is 25.0 Å². The number of nitrogens with zero attached hydrogens (tertiary/aromatic N) is 1. The molecule has 3 heteroatoms. The van der Waals surface area contributed by atoms with Gasteiger partial charge in [0.05, 0.1) is 13.5 Å². The summed E-state index contributed by atoms with van der Waals surface area (Å²) in [5, 5.41) is 0. The Morgan fingerprint density at radius 3 is 2.56 bits per heavy atom. The Bertz CT molecular complexity index is 423. The third-order valence-corrected chi connectivity index (χ3v) is 3.00. The van der Waals surface area contributed by atoms with Crippen LogP contribution in [0.3, 0.4) is 0 Å². The molecule has 0 unspecified atom stereocenters. The number of carbonyl (C=O) groups excluding carboxylic acids is 1. The van der Waals surface area contributed by atoms with Gasteiger partial charge in [-0.15, -0.1) is 0 Å². The molecule has 0 bridgehead atoms. The third-order valence-electron chi connectivity index (χ3n) is 3.00. The van der Waals surface area contributed by atoms with E-state index in [9.17, 15) is 4.79 Å². The summed E-state index contributed by atoms with van der Waals surface area (Å²) < 4.78 is 5.32. The van der Waals surface area contributed by atoms with Gasteiger partial charge < -0.3 is 9.64 Å². The van der Waals surface area contributed by atoms with E-state index in [4.69, 9.17) is 4.74 Å². The maximum Gasteiger partial charge on any atom is 0.227 e. The van der Waals surface area contributed by atoms with Crippen LogP contribution in [-0.2, 0) is 11.2 Å². The number of ether oxygens (including phenoxy) is 1. The molecule has 0 atom stereocenters. The molecular formula is C15H21NO2. The zero-order valence-corrected chi connectivity index (χ0v) is 11.4. The van der Waals surface area contributed by atoms with Crippen LogP contribution in [0.4, 0.5) is 0 Å². The summed E-state index contributed by atoms with van der Waals surface area (Å²) >= 11 is 0. The van der Waals surface area contributed by atoms with Crippen molar-refractivity contribution in [2.75, 3.05) is 20.2 Å². The number of likely N-dealkylation sites (N-methyl/N-ethyl adjacent to an activating group) is 1. The summed E-state index contributed by atoms with van der Waals surface area (Å²) in [6.07, 6.45) is 2.14. The van der Waals surface area contributed by atoms with Crippen LogP contribution >= 0.6 is 0 Å². The normalized spacial score (nSPS) is 9.94. The van der Waals surface area contributed by atoms with E-state index in [-0.39, 0.29) is 5.91 Å². The fourth-order valence-electron chi connectivity index (χ4n) is 1.89. The van der Waals surface area contributed by atoms with Gasteiger partial charge >= 0.3 is 0 Å². The second kappa shape index (κ2) is 6.84. The predicted molar refractivity (Wildman–Crippen MR) is 74.7 cm³/mol. The van der Waals surface area contributed by atoms with Gasteiger partial charge in [0.25, 0.3) is 0 Å². The van der Waals surface area contributed by atoms with Gasteiger partial charge in [0.1, 0.15) is 5.75 Å². The van der Waals surface area contributed by atoms with E-state index < -0.39 is 0 Å². The van der Waals surface area contributed by atoms with Crippen molar-refractivity contribution in [3.8, 4) is 5.75 Å². The minimum absolute atomic E-state index is 0.129. The lowest BCUT2D eigenvalue weighted by Crippen LogP contribution is -2.31. The number of benzene rings is 1. The minimum atomic E-state index is 0.129. The molecular weight excluding hydrogens is 226 g/mol. The van der Waals surface area contributed by atoms with Gasteiger partial charge in [-0.25, -0.2) is 0 Å². The average Bonchev–Trinajstić information content (AvgIpc) is 2.40. The number of carbonyl (C=O) groups is 1.